The van der Waals surface area contributed by atoms with E-state index in [0.29, 0.717) is 6.42 Å². The zero-order valence-corrected chi connectivity index (χ0v) is 14.6. The van der Waals surface area contributed by atoms with Gasteiger partial charge in [-0.2, -0.15) is 0 Å². The van der Waals surface area contributed by atoms with Crippen LogP contribution in [0.1, 0.15) is 38.8 Å². The van der Waals surface area contributed by atoms with Crippen molar-refractivity contribution in [2.75, 3.05) is 13.9 Å². The molecular formula is C18H25BO4. The third kappa shape index (κ3) is 2.87. The molecule has 1 aromatic carbocycles. The van der Waals surface area contributed by atoms with Crippen molar-refractivity contribution in [3.05, 3.63) is 41.5 Å². The highest BCUT2D eigenvalue weighted by atomic mass is 16.7. The maximum Gasteiger partial charge on any atom is 0.497 e. The van der Waals surface area contributed by atoms with Gasteiger partial charge in [0, 0.05) is 13.5 Å². The molecule has 124 valence electrons. The smallest absolute Gasteiger partial charge is 0.401 e. The zero-order valence-electron chi connectivity index (χ0n) is 14.6. The van der Waals surface area contributed by atoms with Gasteiger partial charge >= 0.3 is 7.12 Å². The van der Waals surface area contributed by atoms with Gasteiger partial charge < -0.3 is 18.8 Å². The topological polar surface area (TPSA) is 36.9 Å². The van der Waals surface area contributed by atoms with Crippen LogP contribution in [-0.4, -0.2) is 37.7 Å². The second-order valence-electron chi connectivity index (χ2n) is 7.30. The third-order valence-corrected chi connectivity index (χ3v) is 5.16. The first-order valence-corrected chi connectivity index (χ1v) is 8.05. The van der Waals surface area contributed by atoms with Crippen LogP contribution in [-0.2, 0) is 25.2 Å². The molecule has 1 aliphatic carbocycles. The normalized spacial score (nSPS) is 28.0. The molecule has 1 saturated heterocycles. The summed E-state index contributed by atoms with van der Waals surface area (Å²) in [4.78, 5) is 0. The van der Waals surface area contributed by atoms with Crippen LogP contribution in [0.2, 0.25) is 0 Å². The average Bonchev–Trinajstić information content (AvgIpc) is 2.73. The molecule has 0 amide bonds. The zero-order chi connectivity index (χ0) is 16.7. The van der Waals surface area contributed by atoms with Gasteiger partial charge in [-0.3, -0.25) is 0 Å². The standard InChI is InChI=1S/C18H25BO4/c1-16(2)17(3,4)23-19(22-16)18(21-13-20-5)11-10-14-8-6-7-9-15(14)12-18/h6-11H,12-13H2,1-5H3. The van der Waals surface area contributed by atoms with E-state index in [0.717, 1.165) is 0 Å². The molecule has 0 aromatic heterocycles. The number of rotatable bonds is 4. The SMILES string of the molecule is COCOC1(B2OC(C)(C)C(C)(C)O2)C=Cc2ccccc2C1. The van der Waals surface area contributed by atoms with E-state index in [1.54, 1.807) is 7.11 Å². The number of benzene rings is 1. The first-order chi connectivity index (χ1) is 10.8. The molecule has 23 heavy (non-hydrogen) atoms. The quantitative estimate of drug-likeness (QED) is 0.631. The lowest BCUT2D eigenvalue weighted by molar-refractivity contribution is -0.0868. The summed E-state index contributed by atoms with van der Waals surface area (Å²) in [6.45, 7) is 8.40. The molecule has 2 aliphatic rings. The molecule has 1 aliphatic heterocycles. The molecule has 1 unspecified atom stereocenters. The maximum absolute atomic E-state index is 6.26. The minimum Gasteiger partial charge on any atom is -0.401 e. The van der Waals surface area contributed by atoms with Gasteiger partial charge in [0.2, 0.25) is 0 Å². The van der Waals surface area contributed by atoms with Crippen LogP contribution in [0.5, 0.6) is 0 Å². The Hall–Kier alpha value is -1.14. The summed E-state index contributed by atoms with van der Waals surface area (Å²) in [6, 6.07) is 8.32. The van der Waals surface area contributed by atoms with Crippen molar-refractivity contribution < 1.29 is 18.8 Å². The Morgan fingerprint density at radius 3 is 2.39 bits per heavy atom. The van der Waals surface area contributed by atoms with Crippen molar-refractivity contribution in [2.45, 2.75) is 50.8 Å². The minimum atomic E-state index is -0.685. The van der Waals surface area contributed by atoms with Crippen LogP contribution in [0.25, 0.3) is 6.08 Å². The van der Waals surface area contributed by atoms with Crippen LogP contribution < -0.4 is 0 Å². The van der Waals surface area contributed by atoms with Crippen molar-refractivity contribution in [3.63, 3.8) is 0 Å². The Balaban J connectivity index is 1.94. The summed E-state index contributed by atoms with van der Waals surface area (Å²) in [5.74, 6) is 0. The van der Waals surface area contributed by atoms with Crippen molar-refractivity contribution >= 4 is 13.2 Å². The summed E-state index contributed by atoms with van der Waals surface area (Å²) < 4.78 is 23.8. The molecule has 0 bridgehead atoms. The van der Waals surface area contributed by atoms with Crippen LogP contribution in [0.15, 0.2) is 30.3 Å². The third-order valence-electron chi connectivity index (χ3n) is 5.16. The van der Waals surface area contributed by atoms with E-state index in [4.69, 9.17) is 18.8 Å². The van der Waals surface area contributed by atoms with Gasteiger partial charge in [0.05, 0.1) is 11.2 Å². The molecule has 5 heteroatoms. The Morgan fingerprint density at radius 2 is 1.74 bits per heavy atom. The number of methoxy groups -OCH3 is 1. The molecule has 0 radical (unpaired) electrons. The molecule has 1 heterocycles. The van der Waals surface area contributed by atoms with E-state index >= 15 is 0 Å². The fourth-order valence-corrected chi connectivity index (χ4v) is 2.99. The van der Waals surface area contributed by atoms with E-state index in [9.17, 15) is 0 Å². The van der Waals surface area contributed by atoms with Gasteiger partial charge in [-0.15, -0.1) is 0 Å². The molecule has 0 saturated carbocycles. The van der Waals surface area contributed by atoms with Crippen LogP contribution >= 0.6 is 0 Å². The summed E-state index contributed by atoms with van der Waals surface area (Å²) in [5.41, 5.74) is 0.953. The lowest BCUT2D eigenvalue weighted by atomic mass is 9.61. The number of hydrogen-bond donors (Lipinski definition) is 0. The van der Waals surface area contributed by atoms with Crippen LogP contribution in [0, 0.1) is 0 Å². The average molecular weight is 316 g/mol. The fraction of sp³-hybridized carbons (Fsp3) is 0.556. The summed E-state index contributed by atoms with van der Waals surface area (Å²) in [6.07, 6.45) is 4.83. The molecular weight excluding hydrogens is 291 g/mol. The van der Waals surface area contributed by atoms with Crippen molar-refractivity contribution in [1.29, 1.82) is 0 Å². The molecule has 1 fully saturated rings. The van der Waals surface area contributed by atoms with E-state index in [-0.39, 0.29) is 6.79 Å². The van der Waals surface area contributed by atoms with E-state index in [2.05, 4.69) is 52.0 Å². The van der Waals surface area contributed by atoms with Gasteiger partial charge in [0.15, 0.2) is 0 Å². The highest BCUT2D eigenvalue weighted by Gasteiger charge is 2.60. The summed E-state index contributed by atoms with van der Waals surface area (Å²) >= 11 is 0. The Labute approximate surface area is 138 Å². The summed E-state index contributed by atoms with van der Waals surface area (Å²) in [5, 5.41) is 0. The maximum atomic E-state index is 6.26. The van der Waals surface area contributed by atoms with Crippen LogP contribution in [0.4, 0.5) is 0 Å². The molecule has 4 nitrogen and oxygen atoms in total. The molecule has 1 aromatic rings. The molecule has 0 spiro atoms. The number of ether oxygens (including phenoxy) is 2. The first-order valence-electron chi connectivity index (χ1n) is 8.05. The lowest BCUT2D eigenvalue weighted by Gasteiger charge is -2.35. The second-order valence-corrected chi connectivity index (χ2v) is 7.30. The summed E-state index contributed by atoms with van der Waals surface area (Å²) in [7, 11) is 1.14. The lowest BCUT2D eigenvalue weighted by Crippen LogP contribution is -2.52. The predicted molar refractivity (Wildman–Crippen MR) is 91.0 cm³/mol. The van der Waals surface area contributed by atoms with E-state index in [1.807, 2.05) is 12.1 Å². The van der Waals surface area contributed by atoms with Crippen molar-refractivity contribution in [2.24, 2.45) is 0 Å². The molecule has 3 rings (SSSR count). The van der Waals surface area contributed by atoms with Gasteiger partial charge in [-0.1, -0.05) is 36.4 Å². The van der Waals surface area contributed by atoms with Crippen molar-refractivity contribution in [3.8, 4) is 0 Å². The minimum absolute atomic E-state index is 0.191. The van der Waals surface area contributed by atoms with Gasteiger partial charge in [0.1, 0.15) is 12.3 Å². The Bertz CT molecular complexity index is 595. The Kier molecular flexibility index (Phi) is 4.17. The van der Waals surface area contributed by atoms with Crippen molar-refractivity contribution in [1.82, 2.24) is 0 Å². The monoisotopic (exact) mass is 316 g/mol. The van der Waals surface area contributed by atoms with Gasteiger partial charge in [0.25, 0.3) is 0 Å². The first kappa shape index (κ1) is 16.7. The molecule has 1 atom stereocenters. The fourth-order valence-electron chi connectivity index (χ4n) is 2.99. The second kappa shape index (κ2) is 5.74. The number of hydrogen-bond acceptors (Lipinski definition) is 4. The molecule has 0 N–H and O–H groups in total. The highest BCUT2D eigenvalue weighted by Crippen LogP contribution is 2.43. The number of fused-ring (bicyclic) bond motifs is 1. The van der Waals surface area contributed by atoms with E-state index < -0.39 is 23.8 Å². The highest BCUT2D eigenvalue weighted by molar-refractivity contribution is 6.50. The van der Waals surface area contributed by atoms with Gasteiger partial charge in [-0.05, 0) is 38.8 Å². The predicted octanol–water partition coefficient (Wildman–Crippen LogP) is 3.25. The largest absolute Gasteiger partial charge is 0.497 e. The Morgan fingerprint density at radius 1 is 1.09 bits per heavy atom. The van der Waals surface area contributed by atoms with Crippen LogP contribution in [0.3, 0.4) is 0 Å². The van der Waals surface area contributed by atoms with E-state index in [1.165, 1.54) is 11.1 Å². The van der Waals surface area contributed by atoms with Gasteiger partial charge in [-0.25, -0.2) is 0 Å².